The van der Waals surface area contributed by atoms with Gasteiger partial charge in [-0.1, -0.05) is 39.0 Å². The number of piperazine rings is 1. The minimum Gasteiger partial charge on any atom is -0.335 e. The quantitative estimate of drug-likeness (QED) is 0.462. The highest BCUT2D eigenvalue weighted by atomic mass is 19.4. The molecule has 0 bridgehead atoms. The number of carbonyl (C=O) groups excluding carboxylic acids is 1. The number of amides is 1. The minimum atomic E-state index is -4.69. The minimum absolute atomic E-state index is 0.0683. The van der Waals surface area contributed by atoms with Gasteiger partial charge in [-0.2, -0.15) is 31.4 Å². The molecule has 0 spiro atoms. The molecule has 0 atom stereocenters. The molecule has 0 radical (unpaired) electrons. The van der Waals surface area contributed by atoms with Gasteiger partial charge in [-0.3, -0.25) is 9.69 Å². The van der Waals surface area contributed by atoms with Crippen LogP contribution in [0.15, 0.2) is 36.4 Å². The van der Waals surface area contributed by atoms with E-state index < -0.39 is 34.9 Å². The van der Waals surface area contributed by atoms with E-state index in [0.717, 1.165) is 18.2 Å². The van der Waals surface area contributed by atoms with Crippen molar-refractivity contribution >= 4 is 11.6 Å². The summed E-state index contributed by atoms with van der Waals surface area (Å²) < 4.78 is 80.7. The number of fused-ring (bicyclic) bond motifs is 1. The van der Waals surface area contributed by atoms with Crippen LogP contribution in [-0.4, -0.2) is 56.5 Å². The van der Waals surface area contributed by atoms with Crippen molar-refractivity contribution in [2.75, 3.05) is 26.2 Å². The molecule has 3 aromatic rings. The SMILES string of the molecule is CC(C)(C)c1cc(C(F)(F)F)n2nc(C(=O)N3CCN(Cc4cccc(C(F)(F)F)c4)CC3)cc2n1. The van der Waals surface area contributed by atoms with Gasteiger partial charge in [0.05, 0.1) is 11.3 Å². The zero-order valence-corrected chi connectivity index (χ0v) is 19.9. The molecular weight excluding hydrogens is 488 g/mol. The molecule has 36 heavy (non-hydrogen) atoms. The Balaban J connectivity index is 1.49. The van der Waals surface area contributed by atoms with Gasteiger partial charge in [0.25, 0.3) is 5.91 Å². The molecule has 0 aliphatic carbocycles. The summed E-state index contributed by atoms with van der Waals surface area (Å²) in [5.74, 6) is -0.523. The predicted molar refractivity (Wildman–Crippen MR) is 119 cm³/mol. The van der Waals surface area contributed by atoms with Crippen molar-refractivity contribution in [2.24, 2.45) is 0 Å². The van der Waals surface area contributed by atoms with E-state index in [-0.39, 0.29) is 36.7 Å². The third-order valence-corrected chi connectivity index (χ3v) is 6.03. The van der Waals surface area contributed by atoms with Gasteiger partial charge in [0.15, 0.2) is 11.3 Å². The van der Waals surface area contributed by atoms with Crippen molar-refractivity contribution in [2.45, 2.75) is 45.1 Å². The highest BCUT2D eigenvalue weighted by Gasteiger charge is 2.37. The molecule has 3 heterocycles. The summed E-state index contributed by atoms with van der Waals surface area (Å²) in [5, 5.41) is 3.92. The van der Waals surface area contributed by atoms with Crippen LogP contribution in [0.4, 0.5) is 26.3 Å². The number of alkyl halides is 6. The van der Waals surface area contributed by atoms with Crippen LogP contribution in [0.2, 0.25) is 0 Å². The van der Waals surface area contributed by atoms with Crippen LogP contribution in [0.5, 0.6) is 0 Å². The van der Waals surface area contributed by atoms with Crippen molar-refractivity contribution in [1.82, 2.24) is 24.4 Å². The Morgan fingerprint density at radius 3 is 2.17 bits per heavy atom. The molecule has 12 heteroatoms. The molecule has 2 aromatic heterocycles. The van der Waals surface area contributed by atoms with Crippen molar-refractivity contribution in [1.29, 1.82) is 0 Å². The molecule has 4 rings (SSSR count). The number of hydrogen-bond donors (Lipinski definition) is 0. The Kier molecular flexibility index (Phi) is 6.52. The number of carbonyl (C=O) groups is 1. The topological polar surface area (TPSA) is 53.7 Å². The predicted octanol–water partition coefficient (Wildman–Crippen LogP) is 5.02. The maximum absolute atomic E-state index is 13.7. The molecule has 6 nitrogen and oxygen atoms in total. The molecule has 0 saturated carbocycles. The molecule has 1 saturated heterocycles. The maximum Gasteiger partial charge on any atom is 0.433 e. The van der Waals surface area contributed by atoms with Crippen molar-refractivity contribution < 1.29 is 31.1 Å². The Hall–Kier alpha value is -3.15. The van der Waals surface area contributed by atoms with E-state index in [0.29, 0.717) is 23.2 Å². The molecule has 1 aliphatic rings. The van der Waals surface area contributed by atoms with E-state index in [1.165, 1.54) is 17.0 Å². The highest BCUT2D eigenvalue weighted by Crippen LogP contribution is 2.33. The van der Waals surface area contributed by atoms with Crippen LogP contribution in [0.25, 0.3) is 5.65 Å². The van der Waals surface area contributed by atoms with Crippen LogP contribution >= 0.6 is 0 Å². The lowest BCUT2D eigenvalue weighted by Crippen LogP contribution is -2.48. The fourth-order valence-corrected chi connectivity index (χ4v) is 4.04. The molecule has 1 amide bonds. The summed E-state index contributed by atoms with van der Waals surface area (Å²) in [6, 6.07) is 7.28. The first kappa shape index (κ1) is 25.9. The van der Waals surface area contributed by atoms with Gasteiger partial charge in [-0.05, 0) is 17.7 Å². The standard InChI is InChI=1S/C24H25F6N5O/c1-22(2,3)18-13-19(24(28,29)30)35-20(31-18)12-17(32-35)21(36)34-9-7-33(8-10-34)14-15-5-4-6-16(11-15)23(25,26)27/h4-6,11-13H,7-10,14H2,1-3H3. The van der Waals surface area contributed by atoms with Crippen molar-refractivity contribution in [3.63, 3.8) is 0 Å². The van der Waals surface area contributed by atoms with Crippen molar-refractivity contribution in [3.8, 4) is 0 Å². The lowest BCUT2D eigenvalue weighted by atomic mass is 9.91. The maximum atomic E-state index is 13.7. The Morgan fingerprint density at radius 1 is 0.917 bits per heavy atom. The van der Waals surface area contributed by atoms with Crippen LogP contribution < -0.4 is 0 Å². The van der Waals surface area contributed by atoms with Gasteiger partial charge in [0.1, 0.15) is 5.69 Å². The first-order valence-electron chi connectivity index (χ1n) is 11.3. The second-order valence-corrected chi connectivity index (χ2v) is 9.84. The molecule has 194 valence electrons. The zero-order chi connectivity index (χ0) is 26.5. The number of rotatable bonds is 3. The monoisotopic (exact) mass is 513 g/mol. The average Bonchev–Trinajstić information content (AvgIpc) is 3.21. The number of benzene rings is 1. The third kappa shape index (κ3) is 5.48. The van der Waals surface area contributed by atoms with Crippen LogP contribution in [0, 0.1) is 0 Å². The van der Waals surface area contributed by atoms with Gasteiger partial charge in [0.2, 0.25) is 0 Å². The van der Waals surface area contributed by atoms with Gasteiger partial charge in [-0.15, -0.1) is 0 Å². The highest BCUT2D eigenvalue weighted by molar-refractivity contribution is 5.93. The molecule has 1 fully saturated rings. The van der Waals surface area contributed by atoms with E-state index in [2.05, 4.69) is 10.1 Å². The number of nitrogens with zero attached hydrogens (tertiary/aromatic N) is 5. The summed E-state index contributed by atoms with van der Waals surface area (Å²) in [4.78, 5) is 20.7. The molecule has 1 aromatic carbocycles. The number of aromatic nitrogens is 3. The fourth-order valence-electron chi connectivity index (χ4n) is 4.04. The van der Waals surface area contributed by atoms with E-state index in [9.17, 15) is 31.1 Å². The molecule has 1 aliphatic heterocycles. The largest absolute Gasteiger partial charge is 0.433 e. The van der Waals surface area contributed by atoms with E-state index in [1.807, 2.05) is 4.90 Å². The van der Waals surface area contributed by atoms with Crippen LogP contribution in [-0.2, 0) is 24.3 Å². The second-order valence-electron chi connectivity index (χ2n) is 9.84. The first-order chi connectivity index (χ1) is 16.6. The summed E-state index contributed by atoms with van der Waals surface area (Å²) in [7, 11) is 0. The summed E-state index contributed by atoms with van der Waals surface area (Å²) in [6.07, 6.45) is -9.12. The summed E-state index contributed by atoms with van der Waals surface area (Å²) in [6.45, 7) is 6.84. The zero-order valence-electron chi connectivity index (χ0n) is 19.9. The van der Waals surface area contributed by atoms with Gasteiger partial charge in [0, 0.05) is 44.2 Å². The summed E-state index contributed by atoms with van der Waals surface area (Å²) >= 11 is 0. The molecular formula is C24H25F6N5O. The van der Waals surface area contributed by atoms with Crippen molar-refractivity contribution in [3.05, 3.63) is 64.6 Å². The normalized spacial score (nSPS) is 16.1. The lowest BCUT2D eigenvalue weighted by Gasteiger charge is -2.34. The summed E-state index contributed by atoms with van der Waals surface area (Å²) in [5.41, 5.74) is -1.86. The Bertz CT molecular complexity index is 1270. The number of hydrogen-bond acceptors (Lipinski definition) is 4. The third-order valence-electron chi connectivity index (χ3n) is 6.03. The van der Waals surface area contributed by atoms with E-state index in [1.54, 1.807) is 26.8 Å². The Morgan fingerprint density at radius 2 is 1.58 bits per heavy atom. The van der Waals surface area contributed by atoms with E-state index in [4.69, 9.17) is 0 Å². The molecule has 0 N–H and O–H groups in total. The molecule has 0 unspecified atom stereocenters. The second kappa shape index (κ2) is 9.06. The van der Waals surface area contributed by atoms with Gasteiger partial charge in [-0.25, -0.2) is 9.50 Å². The van der Waals surface area contributed by atoms with Gasteiger partial charge < -0.3 is 4.90 Å². The van der Waals surface area contributed by atoms with Gasteiger partial charge >= 0.3 is 12.4 Å². The Labute approximate surface area is 203 Å². The number of halogens is 6. The first-order valence-corrected chi connectivity index (χ1v) is 11.3. The average molecular weight is 513 g/mol. The smallest absolute Gasteiger partial charge is 0.335 e. The van der Waals surface area contributed by atoms with E-state index >= 15 is 0 Å². The lowest BCUT2D eigenvalue weighted by molar-refractivity contribution is -0.142. The van der Waals surface area contributed by atoms with Crippen LogP contribution in [0.3, 0.4) is 0 Å². The fraction of sp³-hybridized carbons (Fsp3) is 0.458. The van der Waals surface area contributed by atoms with Crippen LogP contribution in [0.1, 0.15) is 53.8 Å².